The van der Waals surface area contributed by atoms with Crippen molar-refractivity contribution in [3.63, 3.8) is 0 Å². The van der Waals surface area contributed by atoms with Gasteiger partial charge in [-0.15, -0.1) is 0 Å². The molecule has 1 N–H and O–H groups in total. The predicted octanol–water partition coefficient (Wildman–Crippen LogP) is 4.55. The highest BCUT2D eigenvalue weighted by atomic mass is 32.2. The summed E-state index contributed by atoms with van der Waals surface area (Å²) >= 11 is 2.04. The van der Waals surface area contributed by atoms with Crippen molar-refractivity contribution in [2.24, 2.45) is 0 Å². The molecule has 0 bridgehead atoms. The third-order valence-electron chi connectivity index (χ3n) is 4.04. The Morgan fingerprint density at radius 1 is 1.19 bits per heavy atom. The van der Waals surface area contributed by atoms with Crippen molar-refractivity contribution in [2.75, 3.05) is 12.3 Å². The van der Waals surface area contributed by atoms with Crippen molar-refractivity contribution >= 4 is 11.8 Å². The van der Waals surface area contributed by atoms with Crippen LogP contribution in [0, 0.1) is 11.6 Å². The van der Waals surface area contributed by atoms with E-state index in [2.05, 4.69) is 12.2 Å². The van der Waals surface area contributed by atoms with Gasteiger partial charge in [0.25, 0.3) is 0 Å². The van der Waals surface area contributed by atoms with E-state index in [4.69, 9.17) is 0 Å². The first kappa shape index (κ1) is 16.8. The van der Waals surface area contributed by atoms with Crippen molar-refractivity contribution in [3.8, 4) is 0 Å². The van der Waals surface area contributed by atoms with Crippen LogP contribution in [0.1, 0.15) is 44.6 Å². The summed E-state index contributed by atoms with van der Waals surface area (Å²) < 4.78 is 26.3. The van der Waals surface area contributed by atoms with Crippen LogP contribution in [0.5, 0.6) is 0 Å². The second-order valence-corrected chi connectivity index (χ2v) is 7.13. The molecule has 0 aliphatic heterocycles. The van der Waals surface area contributed by atoms with Crippen LogP contribution in [-0.4, -0.2) is 23.6 Å². The maximum Gasteiger partial charge on any atom is 0.159 e. The van der Waals surface area contributed by atoms with Crippen LogP contribution in [0.4, 0.5) is 8.78 Å². The highest BCUT2D eigenvalue weighted by Crippen LogP contribution is 2.29. The topological polar surface area (TPSA) is 12.0 Å². The lowest BCUT2D eigenvalue weighted by Crippen LogP contribution is -2.34. The van der Waals surface area contributed by atoms with Crippen LogP contribution in [0.15, 0.2) is 18.2 Å². The van der Waals surface area contributed by atoms with E-state index in [1.54, 1.807) is 6.07 Å². The molecule has 0 heterocycles. The van der Waals surface area contributed by atoms with Gasteiger partial charge in [-0.05, 0) is 43.5 Å². The summed E-state index contributed by atoms with van der Waals surface area (Å²) in [6, 6.07) is 4.56. The molecule has 118 valence electrons. The number of nitrogens with one attached hydrogen (secondary N) is 1. The van der Waals surface area contributed by atoms with Gasteiger partial charge in [0.15, 0.2) is 11.6 Å². The van der Waals surface area contributed by atoms with Gasteiger partial charge in [-0.3, -0.25) is 0 Å². The van der Waals surface area contributed by atoms with Crippen LogP contribution < -0.4 is 5.32 Å². The van der Waals surface area contributed by atoms with Gasteiger partial charge in [0.2, 0.25) is 0 Å². The molecule has 1 unspecified atom stereocenters. The molecule has 2 rings (SSSR count). The minimum absolute atomic E-state index is 0.326. The molecule has 1 atom stereocenters. The molecule has 1 aliphatic carbocycles. The van der Waals surface area contributed by atoms with Crippen molar-refractivity contribution in [3.05, 3.63) is 35.4 Å². The third kappa shape index (κ3) is 5.59. The average molecular weight is 313 g/mol. The van der Waals surface area contributed by atoms with Gasteiger partial charge in [0.05, 0.1) is 0 Å². The smallest absolute Gasteiger partial charge is 0.159 e. The molecule has 0 saturated heterocycles. The van der Waals surface area contributed by atoms with E-state index in [1.807, 2.05) is 11.8 Å². The molecule has 0 amide bonds. The van der Waals surface area contributed by atoms with E-state index in [-0.39, 0.29) is 0 Å². The summed E-state index contributed by atoms with van der Waals surface area (Å²) in [6.07, 6.45) is 7.50. The van der Waals surface area contributed by atoms with E-state index in [9.17, 15) is 8.78 Å². The maximum atomic E-state index is 13.3. The molecule has 4 heteroatoms. The number of halogens is 2. The lowest BCUT2D eigenvalue weighted by molar-refractivity contribution is 0.503. The Balaban J connectivity index is 1.86. The standard InChI is InChI=1S/C17H25F2NS/c1-2-20-14(12-21-15-6-4-3-5-7-15)10-13-8-9-16(18)17(19)11-13/h8-9,11,14-15,20H,2-7,10,12H2,1H3. The first-order chi connectivity index (χ1) is 10.2. The largest absolute Gasteiger partial charge is 0.313 e. The second-order valence-electron chi connectivity index (χ2n) is 5.80. The molecule has 1 nitrogen and oxygen atoms in total. The second kappa shape index (κ2) is 8.74. The van der Waals surface area contributed by atoms with Crippen LogP contribution >= 0.6 is 11.8 Å². The zero-order chi connectivity index (χ0) is 15.1. The third-order valence-corrected chi connectivity index (χ3v) is 5.58. The molecule has 0 radical (unpaired) electrons. The van der Waals surface area contributed by atoms with E-state index in [0.29, 0.717) is 6.04 Å². The lowest BCUT2D eigenvalue weighted by Gasteiger charge is -2.24. The molecule has 0 aromatic heterocycles. The van der Waals surface area contributed by atoms with Crippen molar-refractivity contribution in [1.82, 2.24) is 5.32 Å². The molecule has 1 aliphatic rings. The van der Waals surface area contributed by atoms with Crippen LogP contribution in [0.25, 0.3) is 0 Å². The molecule has 0 spiro atoms. The van der Waals surface area contributed by atoms with Crippen molar-refractivity contribution < 1.29 is 8.78 Å². The molecule has 1 aromatic carbocycles. The van der Waals surface area contributed by atoms with Gasteiger partial charge in [0.1, 0.15) is 0 Å². The molecular formula is C17H25F2NS. The van der Waals surface area contributed by atoms with Crippen LogP contribution in [-0.2, 0) is 6.42 Å². The summed E-state index contributed by atoms with van der Waals surface area (Å²) in [4.78, 5) is 0. The molecule has 1 aromatic rings. The van der Waals surface area contributed by atoms with E-state index < -0.39 is 11.6 Å². The molecular weight excluding hydrogens is 288 g/mol. The van der Waals surface area contributed by atoms with E-state index >= 15 is 0 Å². The number of rotatable bonds is 7. The summed E-state index contributed by atoms with van der Waals surface area (Å²) in [5.74, 6) is -0.477. The molecule has 1 fully saturated rings. The quantitative estimate of drug-likeness (QED) is 0.792. The van der Waals surface area contributed by atoms with Gasteiger partial charge >= 0.3 is 0 Å². The van der Waals surface area contributed by atoms with Gasteiger partial charge in [-0.2, -0.15) is 11.8 Å². The zero-order valence-electron chi connectivity index (χ0n) is 12.7. The molecule has 1 saturated carbocycles. The number of hydrogen-bond donors (Lipinski definition) is 1. The Labute approximate surface area is 130 Å². The summed E-state index contributed by atoms with van der Waals surface area (Å²) in [5.41, 5.74) is 0.865. The fourth-order valence-corrected chi connectivity index (χ4v) is 4.32. The highest BCUT2D eigenvalue weighted by molar-refractivity contribution is 7.99. The fourth-order valence-electron chi connectivity index (χ4n) is 2.91. The van der Waals surface area contributed by atoms with Gasteiger partial charge in [-0.1, -0.05) is 32.3 Å². The lowest BCUT2D eigenvalue weighted by atomic mass is 10.0. The number of hydrogen-bond acceptors (Lipinski definition) is 2. The average Bonchev–Trinajstić information content (AvgIpc) is 2.50. The summed E-state index contributed by atoms with van der Waals surface area (Å²) in [6.45, 7) is 2.99. The van der Waals surface area contributed by atoms with E-state index in [0.717, 1.165) is 29.5 Å². The highest BCUT2D eigenvalue weighted by Gasteiger charge is 2.17. The Morgan fingerprint density at radius 3 is 2.62 bits per heavy atom. The SMILES string of the molecule is CCNC(CSC1CCCCC1)Cc1ccc(F)c(F)c1. The Bertz CT molecular complexity index is 433. The van der Waals surface area contributed by atoms with Gasteiger partial charge in [0, 0.05) is 17.0 Å². The monoisotopic (exact) mass is 313 g/mol. The minimum Gasteiger partial charge on any atom is -0.313 e. The Hall–Kier alpha value is -0.610. The van der Waals surface area contributed by atoms with Crippen LogP contribution in [0.3, 0.4) is 0 Å². The van der Waals surface area contributed by atoms with Crippen LogP contribution in [0.2, 0.25) is 0 Å². The minimum atomic E-state index is -0.768. The van der Waals surface area contributed by atoms with E-state index in [1.165, 1.54) is 44.2 Å². The number of thioether (sulfide) groups is 1. The van der Waals surface area contributed by atoms with Gasteiger partial charge < -0.3 is 5.32 Å². The number of benzene rings is 1. The summed E-state index contributed by atoms with van der Waals surface area (Å²) in [7, 11) is 0. The fraction of sp³-hybridized carbons (Fsp3) is 0.647. The number of likely N-dealkylation sites (N-methyl/N-ethyl adjacent to an activating group) is 1. The van der Waals surface area contributed by atoms with Crippen molar-refractivity contribution in [2.45, 2.75) is 56.7 Å². The van der Waals surface area contributed by atoms with Gasteiger partial charge in [-0.25, -0.2) is 8.78 Å². The Kier molecular flexibility index (Phi) is 6.97. The Morgan fingerprint density at radius 2 is 1.95 bits per heavy atom. The first-order valence-electron chi connectivity index (χ1n) is 7.98. The predicted molar refractivity (Wildman–Crippen MR) is 86.9 cm³/mol. The first-order valence-corrected chi connectivity index (χ1v) is 9.03. The zero-order valence-corrected chi connectivity index (χ0v) is 13.5. The maximum absolute atomic E-state index is 13.3. The molecule has 21 heavy (non-hydrogen) atoms. The normalized spacial score (nSPS) is 17.9. The summed E-state index contributed by atoms with van der Waals surface area (Å²) in [5, 5.41) is 4.25. The van der Waals surface area contributed by atoms with Crippen molar-refractivity contribution in [1.29, 1.82) is 0 Å².